The molecule has 0 spiro atoms. The van der Waals surface area contributed by atoms with Gasteiger partial charge in [-0.3, -0.25) is 4.79 Å². The summed E-state index contributed by atoms with van der Waals surface area (Å²) in [6.07, 6.45) is 0. The number of hydrogen-bond donors (Lipinski definition) is 2. The van der Waals surface area contributed by atoms with E-state index in [2.05, 4.69) is 19.2 Å². The molecule has 0 aliphatic carbocycles. The zero-order valence-electron chi connectivity index (χ0n) is 12.8. The van der Waals surface area contributed by atoms with Gasteiger partial charge in [0.05, 0.1) is 13.7 Å². The van der Waals surface area contributed by atoms with Crippen molar-refractivity contribution in [1.29, 1.82) is 0 Å². The van der Waals surface area contributed by atoms with Crippen molar-refractivity contribution in [3.8, 4) is 5.75 Å². The number of benzene rings is 1. The molecule has 0 unspecified atom stereocenters. The molecule has 0 saturated carbocycles. The zero-order chi connectivity index (χ0) is 15.1. The van der Waals surface area contributed by atoms with Gasteiger partial charge in [0.15, 0.2) is 0 Å². The Kier molecular flexibility index (Phi) is 6.31. The number of nitrogens with zero attached hydrogens (tertiary/aromatic N) is 1. The van der Waals surface area contributed by atoms with E-state index < -0.39 is 0 Å². The number of carbonyl (C=O) groups is 1. The summed E-state index contributed by atoms with van der Waals surface area (Å²) in [6, 6.07) is 5.70. The number of hydrogen-bond acceptors (Lipinski definition) is 4. The van der Waals surface area contributed by atoms with Crippen LogP contribution in [0.25, 0.3) is 0 Å². The van der Waals surface area contributed by atoms with Gasteiger partial charge in [0.2, 0.25) is 5.91 Å². The number of likely N-dealkylation sites (N-methyl/N-ethyl adjacent to an activating group) is 1. The average molecular weight is 279 g/mol. The third kappa shape index (κ3) is 4.74. The molecule has 5 heteroatoms. The van der Waals surface area contributed by atoms with Crippen molar-refractivity contribution in [2.24, 2.45) is 11.7 Å². The van der Waals surface area contributed by atoms with Gasteiger partial charge in [-0.1, -0.05) is 19.9 Å². The predicted molar refractivity (Wildman–Crippen MR) is 82.0 cm³/mol. The van der Waals surface area contributed by atoms with Gasteiger partial charge in [0.25, 0.3) is 0 Å². The fraction of sp³-hybridized carbons (Fsp3) is 0.533. The van der Waals surface area contributed by atoms with Crippen LogP contribution in [0.3, 0.4) is 0 Å². The first-order valence-electron chi connectivity index (χ1n) is 6.82. The van der Waals surface area contributed by atoms with E-state index in [4.69, 9.17) is 10.5 Å². The third-order valence-corrected chi connectivity index (χ3v) is 3.01. The van der Waals surface area contributed by atoms with Gasteiger partial charge in [-0.15, -0.1) is 0 Å². The number of nitrogens with two attached hydrogens (primary N) is 1. The number of methoxy groups -OCH3 is 1. The maximum absolute atomic E-state index is 11.9. The minimum absolute atomic E-state index is 0.00647. The molecule has 0 fully saturated rings. The highest BCUT2D eigenvalue weighted by Gasteiger charge is 2.12. The minimum Gasteiger partial charge on any atom is -0.497 e. The van der Waals surface area contributed by atoms with Crippen molar-refractivity contribution < 1.29 is 9.53 Å². The Hall–Kier alpha value is -1.75. The summed E-state index contributed by atoms with van der Waals surface area (Å²) in [5.74, 6) is 1.21. The first kappa shape index (κ1) is 16.3. The first-order valence-corrected chi connectivity index (χ1v) is 6.82. The van der Waals surface area contributed by atoms with Crippen LogP contribution >= 0.6 is 0 Å². The summed E-state index contributed by atoms with van der Waals surface area (Å²) in [4.78, 5) is 13.8. The van der Waals surface area contributed by atoms with Gasteiger partial charge < -0.3 is 20.7 Å². The number of amides is 1. The van der Waals surface area contributed by atoms with Crippen LogP contribution in [0.2, 0.25) is 0 Å². The van der Waals surface area contributed by atoms with Gasteiger partial charge in [0.1, 0.15) is 5.75 Å². The molecular weight excluding hydrogens is 254 g/mol. The number of nitrogens with one attached hydrogen (secondary N) is 1. The fourth-order valence-electron chi connectivity index (χ4n) is 1.87. The van der Waals surface area contributed by atoms with Crippen LogP contribution in [-0.2, 0) is 11.3 Å². The van der Waals surface area contributed by atoms with Gasteiger partial charge in [0, 0.05) is 31.9 Å². The van der Waals surface area contributed by atoms with Gasteiger partial charge in [-0.25, -0.2) is 0 Å². The monoisotopic (exact) mass is 279 g/mol. The standard InChI is InChI=1S/C15H25N3O2/c1-11(2)9-17-15(19)10-18(3)14-7-13(20-4)6-5-12(14)8-16/h5-7,11H,8-10,16H2,1-4H3,(H,17,19). The molecule has 0 aromatic heterocycles. The van der Waals surface area contributed by atoms with E-state index in [1.165, 1.54) is 0 Å². The summed E-state index contributed by atoms with van der Waals surface area (Å²) in [5.41, 5.74) is 7.65. The molecule has 1 aromatic carbocycles. The summed E-state index contributed by atoms with van der Waals surface area (Å²) in [5, 5.41) is 2.91. The van der Waals surface area contributed by atoms with Crippen LogP contribution in [0.5, 0.6) is 5.75 Å². The van der Waals surface area contributed by atoms with Crippen LogP contribution in [0, 0.1) is 5.92 Å². The second-order valence-electron chi connectivity index (χ2n) is 5.25. The third-order valence-electron chi connectivity index (χ3n) is 3.01. The lowest BCUT2D eigenvalue weighted by molar-refractivity contribution is -0.119. The molecule has 1 amide bonds. The maximum Gasteiger partial charge on any atom is 0.239 e. The lowest BCUT2D eigenvalue weighted by Crippen LogP contribution is -2.37. The van der Waals surface area contributed by atoms with Crippen LogP contribution in [0.4, 0.5) is 5.69 Å². The minimum atomic E-state index is 0.00647. The molecule has 0 atom stereocenters. The van der Waals surface area contributed by atoms with Crippen LogP contribution in [0.1, 0.15) is 19.4 Å². The average Bonchev–Trinajstić information content (AvgIpc) is 2.44. The molecule has 0 heterocycles. The number of ether oxygens (including phenoxy) is 1. The van der Waals surface area contributed by atoms with Crippen molar-refractivity contribution >= 4 is 11.6 Å². The molecule has 0 radical (unpaired) electrons. The highest BCUT2D eigenvalue weighted by molar-refractivity contribution is 5.81. The largest absolute Gasteiger partial charge is 0.497 e. The maximum atomic E-state index is 11.9. The van der Waals surface area contributed by atoms with E-state index in [0.717, 1.165) is 17.0 Å². The van der Waals surface area contributed by atoms with Crippen molar-refractivity contribution in [2.45, 2.75) is 20.4 Å². The number of rotatable bonds is 7. The van der Waals surface area contributed by atoms with Crippen molar-refractivity contribution in [3.63, 3.8) is 0 Å². The fourth-order valence-corrected chi connectivity index (χ4v) is 1.87. The second kappa shape index (κ2) is 7.75. The molecule has 0 saturated heterocycles. The zero-order valence-corrected chi connectivity index (χ0v) is 12.8. The van der Waals surface area contributed by atoms with E-state index in [1.54, 1.807) is 7.11 Å². The lowest BCUT2D eigenvalue weighted by atomic mass is 10.1. The van der Waals surface area contributed by atoms with Crippen molar-refractivity contribution in [2.75, 3.05) is 32.1 Å². The second-order valence-corrected chi connectivity index (χ2v) is 5.25. The lowest BCUT2D eigenvalue weighted by Gasteiger charge is -2.22. The molecule has 1 aromatic rings. The predicted octanol–water partition coefficient (Wildman–Crippen LogP) is 1.36. The van der Waals surface area contributed by atoms with Crippen LogP contribution in [-0.4, -0.2) is 33.2 Å². The summed E-state index contributed by atoms with van der Waals surface area (Å²) in [7, 11) is 3.50. The summed E-state index contributed by atoms with van der Waals surface area (Å²) < 4.78 is 5.22. The number of anilines is 1. The SMILES string of the molecule is COc1ccc(CN)c(N(C)CC(=O)NCC(C)C)c1. The summed E-state index contributed by atoms with van der Waals surface area (Å²) in [6.45, 7) is 5.55. The first-order chi connectivity index (χ1) is 9.47. The van der Waals surface area contributed by atoms with E-state index in [-0.39, 0.29) is 5.91 Å². The van der Waals surface area contributed by atoms with E-state index in [9.17, 15) is 4.79 Å². The molecule has 0 aliphatic rings. The smallest absolute Gasteiger partial charge is 0.239 e. The Balaban J connectivity index is 2.75. The van der Waals surface area contributed by atoms with Gasteiger partial charge >= 0.3 is 0 Å². The quantitative estimate of drug-likeness (QED) is 0.791. The molecule has 3 N–H and O–H groups in total. The normalized spacial score (nSPS) is 10.5. The van der Waals surface area contributed by atoms with Gasteiger partial charge in [-0.05, 0) is 17.5 Å². The Morgan fingerprint density at radius 3 is 2.70 bits per heavy atom. The molecule has 0 bridgehead atoms. The Morgan fingerprint density at radius 1 is 1.45 bits per heavy atom. The molecule has 112 valence electrons. The number of carbonyl (C=O) groups excluding carboxylic acids is 1. The van der Waals surface area contributed by atoms with Crippen LogP contribution in [0.15, 0.2) is 18.2 Å². The summed E-state index contributed by atoms with van der Waals surface area (Å²) >= 11 is 0. The molecule has 0 aliphatic heterocycles. The van der Waals surface area contributed by atoms with Gasteiger partial charge in [-0.2, -0.15) is 0 Å². The van der Waals surface area contributed by atoms with E-state index in [0.29, 0.717) is 25.6 Å². The molecule has 1 rings (SSSR count). The highest BCUT2D eigenvalue weighted by atomic mass is 16.5. The van der Waals surface area contributed by atoms with Crippen molar-refractivity contribution in [3.05, 3.63) is 23.8 Å². The van der Waals surface area contributed by atoms with E-state index >= 15 is 0 Å². The van der Waals surface area contributed by atoms with E-state index in [1.807, 2.05) is 30.1 Å². The highest BCUT2D eigenvalue weighted by Crippen LogP contribution is 2.24. The van der Waals surface area contributed by atoms with Crippen molar-refractivity contribution in [1.82, 2.24) is 5.32 Å². The molecular formula is C15H25N3O2. The molecule has 5 nitrogen and oxygen atoms in total. The molecule has 20 heavy (non-hydrogen) atoms. The van der Waals surface area contributed by atoms with Crippen LogP contribution < -0.4 is 20.7 Å². The Morgan fingerprint density at radius 2 is 2.15 bits per heavy atom. The topological polar surface area (TPSA) is 67.6 Å². The Bertz CT molecular complexity index is 447. The Labute approximate surface area is 121 Å².